The van der Waals surface area contributed by atoms with Gasteiger partial charge in [-0.2, -0.15) is 0 Å². The Bertz CT molecular complexity index is 3840. The molecule has 0 aromatic heterocycles. The molecular formula is C90H116O8. The van der Waals surface area contributed by atoms with Gasteiger partial charge in [0.15, 0.2) is 0 Å². The van der Waals surface area contributed by atoms with Crippen LogP contribution in [0.15, 0.2) is 97.1 Å². The molecule has 8 heteroatoms. The number of aromatic hydroxyl groups is 6. The highest BCUT2D eigenvalue weighted by molar-refractivity contribution is 5.62. The first-order chi connectivity index (χ1) is 44.9. The lowest BCUT2D eigenvalue weighted by Crippen LogP contribution is -2.16. The number of benzene rings is 8. The van der Waals surface area contributed by atoms with Gasteiger partial charge >= 0.3 is 0 Å². The first-order valence-corrected chi connectivity index (χ1v) is 35.5. The number of phenols is 6. The molecule has 0 saturated heterocycles. The van der Waals surface area contributed by atoms with Crippen LogP contribution in [-0.4, -0.2) is 44.9 Å². The van der Waals surface area contributed by atoms with E-state index in [0.29, 0.717) is 81.7 Å². The molecule has 8 aromatic carbocycles. The Labute approximate surface area is 588 Å². The van der Waals surface area contributed by atoms with Crippen LogP contribution >= 0.6 is 0 Å². The zero-order chi connectivity index (χ0) is 72.9. The molecule has 0 heterocycles. The average Bonchev–Trinajstić information content (AvgIpc) is 0.779. The Kier molecular flexibility index (Phi) is 20.0. The summed E-state index contributed by atoms with van der Waals surface area (Å²) in [7, 11) is 3.40. The summed E-state index contributed by atoms with van der Waals surface area (Å²) >= 11 is 0. The number of rotatable bonds is 2. The van der Waals surface area contributed by atoms with Crippen LogP contribution in [0.2, 0.25) is 0 Å². The Morgan fingerprint density at radius 2 is 0.276 bits per heavy atom. The summed E-state index contributed by atoms with van der Waals surface area (Å²) in [5, 5.41) is 77.5. The number of fused-ring (bicyclic) bond motifs is 16. The van der Waals surface area contributed by atoms with E-state index in [9.17, 15) is 30.6 Å². The van der Waals surface area contributed by atoms with Gasteiger partial charge in [0.05, 0.1) is 14.2 Å². The normalized spacial score (nSPS) is 14.1. The Balaban J connectivity index is 1.36. The Morgan fingerprint density at radius 3 is 0.367 bits per heavy atom. The minimum atomic E-state index is -0.338. The molecule has 1 aliphatic rings. The number of hydrogen-bond donors (Lipinski definition) is 6. The molecule has 98 heavy (non-hydrogen) atoms. The molecule has 0 amide bonds. The number of ether oxygens (including phenoxy) is 2. The maximum absolute atomic E-state index is 12.9. The highest BCUT2D eigenvalue weighted by atomic mass is 16.5. The fourth-order valence-electron chi connectivity index (χ4n) is 13.8. The van der Waals surface area contributed by atoms with Crippen molar-refractivity contribution in [3.63, 3.8) is 0 Å². The SMILES string of the molecule is COc1c2cc(C(C)(C)C)cc1Cc1cc(C(C)(C)C)cc(c1O)Cc1cc(C(C)(C)C)cc(c1O)Cc1cc(C(C)(C)C)cc(c1O)Cc1cc(C(C)(C)C)cc(c1OC)Cc1cc(C(C)(C)C)cc(c1O)Cc1cc(C(C)(C)C)cc(c1O)Cc1cc(C(C)(C)C)cc(c1O)C2. The topological polar surface area (TPSA) is 140 Å². The summed E-state index contributed by atoms with van der Waals surface area (Å²) in [6.45, 7) is 52.4. The zero-order valence-electron chi connectivity index (χ0n) is 64.4. The van der Waals surface area contributed by atoms with Gasteiger partial charge in [-0.3, -0.25) is 0 Å². The monoisotopic (exact) mass is 1320 g/mol. The van der Waals surface area contributed by atoms with Crippen LogP contribution in [0.25, 0.3) is 0 Å². The molecule has 1 aliphatic carbocycles. The number of phenolic OH excluding ortho intramolecular Hbond substituents is 6. The van der Waals surface area contributed by atoms with Crippen LogP contribution in [-0.2, 0) is 94.7 Å². The molecular weight excluding hydrogens is 1210 g/mol. The quantitative estimate of drug-likeness (QED) is 0.101. The van der Waals surface area contributed by atoms with Gasteiger partial charge in [0.2, 0.25) is 0 Å². The van der Waals surface area contributed by atoms with Crippen molar-refractivity contribution < 1.29 is 40.1 Å². The third-order valence-corrected chi connectivity index (χ3v) is 20.5. The fraction of sp³-hybridized carbons (Fsp3) is 0.467. The van der Waals surface area contributed by atoms with Crippen molar-refractivity contribution in [1.29, 1.82) is 0 Å². The molecule has 0 fully saturated rings. The van der Waals surface area contributed by atoms with E-state index < -0.39 is 0 Å². The maximum atomic E-state index is 12.9. The zero-order valence-corrected chi connectivity index (χ0v) is 64.4. The van der Waals surface area contributed by atoms with Crippen molar-refractivity contribution in [2.45, 2.75) is 261 Å². The van der Waals surface area contributed by atoms with Crippen LogP contribution in [0.1, 0.15) is 300 Å². The van der Waals surface area contributed by atoms with Crippen molar-refractivity contribution in [3.05, 3.63) is 231 Å². The van der Waals surface area contributed by atoms with Gasteiger partial charge in [0.1, 0.15) is 46.0 Å². The van der Waals surface area contributed by atoms with Crippen LogP contribution in [0.5, 0.6) is 46.0 Å². The highest BCUT2D eigenvalue weighted by Gasteiger charge is 2.32. The molecule has 16 bridgehead atoms. The van der Waals surface area contributed by atoms with Crippen molar-refractivity contribution in [2.24, 2.45) is 0 Å². The molecule has 9 rings (SSSR count). The van der Waals surface area contributed by atoms with E-state index in [-0.39, 0.29) is 104 Å². The molecule has 0 atom stereocenters. The molecule has 0 aliphatic heterocycles. The van der Waals surface area contributed by atoms with E-state index >= 15 is 0 Å². The van der Waals surface area contributed by atoms with Gasteiger partial charge in [0.25, 0.3) is 0 Å². The number of methoxy groups -OCH3 is 2. The van der Waals surface area contributed by atoms with Crippen molar-refractivity contribution in [1.82, 2.24) is 0 Å². The van der Waals surface area contributed by atoms with Crippen molar-refractivity contribution in [3.8, 4) is 46.0 Å². The van der Waals surface area contributed by atoms with E-state index in [0.717, 1.165) is 89.0 Å². The summed E-state index contributed by atoms with van der Waals surface area (Å²) in [5.41, 5.74) is 17.6. The van der Waals surface area contributed by atoms with Crippen LogP contribution in [0, 0.1) is 0 Å². The molecule has 0 unspecified atom stereocenters. The summed E-state index contributed by atoms with van der Waals surface area (Å²) in [5.74, 6) is 2.14. The fourth-order valence-corrected chi connectivity index (χ4v) is 13.8. The van der Waals surface area contributed by atoms with Gasteiger partial charge in [-0.05, 0) is 177 Å². The van der Waals surface area contributed by atoms with E-state index in [1.807, 2.05) is 0 Å². The smallest absolute Gasteiger partial charge is 0.125 e. The van der Waals surface area contributed by atoms with Gasteiger partial charge < -0.3 is 40.1 Å². The first kappa shape index (κ1) is 74.4. The second kappa shape index (κ2) is 26.4. The number of hydrogen-bond acceptors (Lipinski definition) is 8. The van der Waals surface area contributed by atoms with Crippen LogP contribution in [0.3, 0.4) is 0 Å². The minimum Gasteiger partial charge on any atom is -0.507 e. The predicted octanol–water partition coefficient (Wildman–Crippen LogP) is 21.4. The summed E-state index contributed by atoms with van der Waals surface area (Å²) < 4.78 is 13.1. The lowest BCUT2D eigenvalue weighted by Gasteiger charge is -2.27. The van der Waals surface area contributed by atoms with Gasteiger partial charge in [-0.25, -0.2) is 0 Å². The van der Waals surface area contributed by atoms with E-state index in [2.05, 4.69) is 263 Å². The van der Waals surface area contributed by atoms with Crippen molar-refractivity contribution >= 4 is 0 Å². The third-order valence-electron chi connectivity index (χ3n) is 20.5. The molecule has 0 radical (unpaired) electrons. The standard InChI is InChI=1S/C90H116O8/c1-83(2,3)67-35-51-27-55-39-69(85(7,8)9)43-59(77(55)93)31-63-47-73(89(19,20)21)49-65(81(63)97-25)33-61-45-71(87(13,14)15)41-57(79(61)95)29-53-37-68(84(4,5)6)38-54(76(53)92)30-58-42-72(88(16,17)18)46-62(80(58)96)34-66-50-74(90(22,23)24)48-64(82(66)98-26)32-60-44-70(86(10,11)12)40-56(78(60)94)28-52(36-67)75(51)91/h35-50,91-96H,27-34H2,1-26H3. The largest absolute Gasteiger partial charge is 0.507 e. The molecule has 8 aromatic rings. The van der Waals surface area contributed by atoms with Gasteiger partial charge in [-0.15, -0.1) is 0 Å². The molecule has 0 saturated carbocycles. The molecule has 524 valence electrons. The Hall–Kier alpha value is -7.84. The second-order valence-electron chi connectivity index (χ2n) is 36.9. The molecule has 0 spiro atoms. The highest BCUT2D eigenvalue weighted by Crippen LogP contribution is 2.47. The third kappa shape index (κ3) is 16.1. The summed E-state index contributed by atoms with van der Waals surface area (Å²) in [6, 6.07) is 34.0. The van der Waals surface area contributed by atoms with E-state index in [4.69, 9.17) is 9.47 Å². The minimum absolute atomic E-state index is 0.116. The van der Waals surface area contributed by atoms with Crippen LogP contribution < -0.4 is 9.47 Å². The van der Waals surface area contributed by atoms with E-state index in [1.165, 1.54) is 0 Å². The first-order valence-electron chi connectivity index (χ1n) is 35.5. The summed E-state index contributed by atoms with van der Waals surface area (Å²) in [4.78, 5) is 0. The second-order valence-corrected chi connectivity index (χ2v) is 36.9. The maximum Gasteiger partial charge on any atom is 0.125 e. The lowest BCUT2D eigenvalue weighted by molar-refractivity contribution is 0.404. The lowest BCUT2D eigenvalue weighted by atomic mass is 9.79. The van der Waals surface area contributed by atoms with Crippen molar-refractivity contribution in [2.75, 3.05) is 14.2 Å². The van der Waals surface area contributed by atoms with Gasteiger partial charge in [-0.1, -0.05) is 263 Å². The van der Waals surface area contributed by atoms with Crippen LogP contribution in [0.4, 0.5) is 0 Å². The summed E-state index contributed by atoms with van der Waals surface area (Å²) in [6.07, 6.45) is 2.22. The molecule has 8 nitrogen and oxygen atoms in total. The Morgan fingerprint density at radius 1 is 0.184 bits per heavy atom. The van der Waals surface area contributed by atoms with Gasteiger partial charge in [0, 0.05) is 51.4 Å². The average molecular weight is 1330 g/mol. The van der Waals surface area contributed by atoms with E-state index in [1.54, 1.807) is 14.2 Å². The molecule has 6 N–H and O–H groups in total. The predicted molar refractivity (Wildman–Crippen MR) is 407 cm³/mol.